The maximum Gasteiger partial charge on any atom is 0.237 e. The van der Waals surface area contributed by atoms with Crippen LogP contribution in [0.25, 0.3) is 0 Å². The molecule has 0 aromatic carbocycles. The molecule has 0 saturated carbocycles. The number of amides is 1. The second-order valence-corrected chi connectivity index (χ2v) is 5.00. The number of carbonyl (C=O) groups excluding carboxylic acids is 1. The zero-order valence-corrected chi connectivity index (χ0v) is 10.1. The minimum atomic E-state index is 0.0138. The molecule has 2 aliphatic heterocycles. The van der Waals surface area contributed by atoms with Crippen molar-refractivity contribution in [2.45, 2.75) is 57.2 Å². The summed E-state index contributed by atoms with van der Waals surface area (Å²) in [5.41, 5.74) is 0. The van der Waals surface area contributed by atoms with Gasteiger partial charge in [-0.1, -0.05) is 0 Å². The van der Waals surface area contributed by atoms with Crippen LogP contribution in [0.15, 0.2) is 0 Å². The number of hydrogen-bond donors (Lipinski definition) is 3. The minimum absolute atomic E-state index is 0.0138. The maximum absolute atomic E-state index is 11.8. The Morgan fingerprint density at radius 2 is 2.12 bits per heavy atom. The van der Waals surface area contributed by atoms with E-state index in [2.05, 4.69) is 22.9 Å². The van der Waals surface area contributed by atoms with Crippen molar-refractivity contribution in [3.63, 3.8) is 0 Å². The van der Waals surface area contributed by atoms with Gasteiger partial charge in [0.2, 0.25) is 5.91 Å². The molecule has 0 radical (unpaired) electrons. The van der Waals surface area contributed by atoms with E-state index in [-0.39, 0.29) is 11.9 Å². The van der Waals surface area contributed by atoms with Crippen LogP contribution in [0.2, 0.25) is 0 Å². The second kappa shape index (κ2) is 5.64. The van der Waals surface area contributed by atoms with Crippen LogP contribution in [0.1, 0.15) is 39.0 Å². The van der Waals surface area contributed by atoms with Crippen molar-refractivity contribution in [2.24, 2.45) is 0 Å². The molecular formula is C12H23N3O. The zero-order valence-electron chi connectivity index (χ0n) is 10.1. The first-order chi connectivity index (χ1) is 7.77. The van der Waals surface area contributed by atoms with Gasteiger partial charge in [-0.15, -0.1) is 0 Å². The summed E-state index contributed by atoms with van der Waals surface area (Å²) in [4.78, 5) is 11.8. The summed E-state index contributed by atoms with van der Waals surface area (Å²) < 4.78 is 0. The van der Waals surface area contributed by atoms with Gasteiger partial charge in [0, 0.05) is 18.6 Å². The molecule has 16 heavy (non-hydrogen) atoms. The lowest BCUT2D eigenvalue weighted by molar-refractivity contribution is -0.123. The van der Waals surface area contributed by atoms with Crippen molar-refractivity contribution in [1.29, 1.82) is 0 Å². The van der Waals surface area contributed by atoms with Gasteiger partial charge in [-0.25, -0.2) is 0 Å². The molecule has 0 aliphatic carbocycles. The summed E-state index contributed by atoms with van der Waals surface area (Å²) in [6.07, 6.45) is 5.71. The van der Waals surface area contributed by atoms with Gasteiger partial charge in [-0.05, 0) is 45.6 Å². The first-order valence-electron chi connectivity index (χ1n) is 6.54. The molecule has 92 valence electrons. The van der Waals surface area contributed by atoms with Gasteiger partial charge >= 0.3 is 0 Å². The number of hydrogen-bond acceptors (Lipinski definition) is 3. The van der Waals surface area contributed by atoms with E-state index in [1.807, 2.05) is 0 Å². The third-order valence-corrected chi connectivity index (χ3v) is 3.70. The third kappa shape index (κ3) is 2.95. The first-order valence-corrected chi connectivity index (χ1v) is 6.54. The molecule has 2 fully saturated rings. The Morgan fingerprint density at radius 1 is 1.25 bits per heavy atom. The van der Waals surface area contributed by atoms with Gasteiger partial charge in [-0.2, -0.15) is 0 Å². The normalized spacial score (nSPS) is 33.2. The van der Waals surface area contributed by atoms with Crippen LogP contribution in [0.5, 0.6) is 0 Å². The quantitative estimate of drug-likeness (QED) is 0.651. The van der Waals surface area contributed by atoms with E-state index in [1.165, 1.54) is 12.8 Å². The van der Waals surface area contributed by atoms with E-state index in [0.717, 1.165) is 32.4 Å². The van der Waals surface area contributed by atoms with Crippen LogP contribution in [-0.4, -0.2) is 37.1 Å². The monoisotopic (exact) mass is 225 g/mol. The van der Waals surface area contributed by atoms with E-state index in [1.54, 1.807) is 0 Å². The Hall–Kier alpha value is -0.610. The Labute approximate surface area is 97.6 Å². The standard InChI is InChI=1S/C12H23N3O/c1-9(10-6-4-8-13-10)15-11-5-2-3-7-14-12(11)16/h9-11,13,15H,2-8H2,1H3,(H,14,16)/t9?,10-,11?/m0/s1. The van der Waals surface area contributed by atoms with Crippen LogP contribution in [0.4, 0.5) is 0 Å². The summed E-state index contributed by atoms with van der Waals surface area (Å²) >= 11 is 0. The molecule has 0 bridgehead atoms. The first kappa shape index (κ1) is 11.9. The van der Waals surface area contributed by atoms with Crippen LogP contribution in [0.3, 0.4) is 0 Å². The summed E-state index contributed by atoms with van der Waals surface area (Å²) in [6.45, 7) is 4.14. The van der Waals surface area contributed by atoms with Gasteiger partial charge in [0.25, 0.3) is 0 Å². The smallest absolute Gasteiger partial charge is 0.237 e. The van der Waals surface area contributed by atoms with Gasteiger partial charge in [0.05, 0.1) is 6.04 Å². The lowest BCUT2D eigenvalue weighted by atomic mass is 10.0. The molecule has 2 saturated heterocycles. The largest absolute Gasteiger partial charge is 0.355 e. The lowest BCUT2D eigenvalue weighted by Gasteiger charge is -2.25. The highest BCUT2D eigenvalue weighted by atomic mass is 16.2. The van der Waals surface area contributed by atoms with Crippen molar-refractivity contribution in [2.75, 3.05) is 13.1 Å². The highest BCUT2D eigenvalue weighted by molar-refractivity contribution is 5.81. The van der Waals surface area contributed by atoms with Crippen molar-refractivity contribution >= 4 is 5.91 Å². The maximum atomic E-state index is 11.8. The van der Waals surface area contributed by atoms with Crippen molar-refractivity contribution in [3.8, 4) is 0 Å². The van der Waals surface area contributed by atoms with E-state index in [0.29, 0.717) is 12.1 Å². The minimum Gasteiger partial charge on any atom is -0.355 e. The summed E-state index contributed by atoms with van der Waals surface area (Å²) in [6, 6.07) is 0.937. The topological polar surface area (TPSA) is 53.2 Å². The zero-order chi connectivity index (χ0) is 11.4. The third-order valence-electron chi connectivity index (χ3n) is 3.70. The molecule has 0 aromatic rings. The van der Waals surface area contributed by atoms with E-state index in [4.69, 9.17) is 0 Å². The number of nitrogens with one attached hydrogen (secondary N) is 3. The Morgan fingerprint density at radius 3 is 2.88 bits per heavy atom. The van der Waals surface area contributed by atoms with Crippen molar-refractivity contribution < 1.29 is 4.79 Å². The predicted molar refractivity (Wildman–Crippen MR) is 64.3 cm³/mol. The SMILES string of the molecule is CC(NC1CCCCNC1=O)[C@@H]1CCCN1. The summed E-state index contributed by atoms with van der Waals surface area (Å²) in [5, 5.41) is 9.93. The van der Waals surface area contributed by atoms with Crippen molar-refractivity contribution in [1.82, 2.24) is 16.0 Å². The molecular weight excluding hydrogens is 202 g/mol. The molecule has 2 heterocycles. The molecule has 1 amide bonds. The average Bonchev–Trinajstić information content (AvgIpc) is 2.73. The van der Waals surface area contributed by atoms with Gasteiger partial charge < -0.3 is 16.0 Å². The average molecular weight is 225 g/mol. The Bertz CT molecular complexity index is 238. The predicted octanol–water partition coefficient (Wildman–Crippen LogP) is 0.385. The second-order valence-electron chi connectivity index (χ2n) is 5.00. The molecule has 2 aliphatic rings. The molecule has 3 atom stereocenters. The highest BCUT2D eigenvalue weighted by Gasteiger charge is 2.26. The lowest BCUT2D eigenvalue weighted by Crippen LogP contribution is -2.52. The van der Waals surface area contributed by atoms with Crippen molar-refractivity contribution in [3.05, 3.63) is 0 Å². The van der Waals surface area contributed by atoms with Crippen LogP contribution < -0.4 is 16.0 Å². The molecule has 4 nitrogen and oxygen atoms in total. The number of carbonyl (C=O) groups is 1. The van der Waals surface area contributed by atoms with Crippen LogP contribution in [0, 0.1) is 0 Å². The Balaban J connectivity index is 1.83. The molecule has 4 heteroatoms. The van der Waals surface area contributed by atoms with Gasteiger partial charge in [0.1, 0.15) is 0 Å². The van der Waals surface area contributed by atoms with E-state index in [9.17, 15) is 4.79 Å². The van der Waals surface area contributed by atoms with Gasteiger partial charge in [0.15, 0.2) is 0 Å². The Kier molecular flexibility index (Phi) is 4.18. The van der Waals surface area contributed by atoms with Crippen LogP contribution >= 0.6 is 0 Å². The fourth-order valence-electron chi connectivity index (χ4n) is 2.67. The molecule has 0 spiro atoms. The van der Waals surface area contributed by atoms with Gasteiger partial charge in [-0.3, -0.25) is 4.79 Å². The van der Waals surface area contributed by atoms with E-state index >= 15 is 0 Å². The van der Waals surface area contributed by atoms with Crippen LogP contribution in [-0.2, 0) is 4.79 Å². The highest BCUT2D eigenvalue weighted by Crippen LogP contribution is 2.12. The molecule has 0 aromatic heterocycles. The molecule has 3 N–H and O–H groups in total. The summed E-state index contributed by atoms with van der Waals surface area (Å²) in [5.74, 6) is 0.183. The van der Waals surface area contributed by atoms with E-state index < -0.39 is 0 Å². The molecule has 2 unspecified atom stereocenters. The fourth-order valence-corrected chi connectivity index (χ4v) is 2.67. The number of rotatable bonds is 3. The fraction of sp³-hybridized carbons (Fsp3) is 0.917. The summed E-state index contributed by atoms with van der Waals surface area (Å²) in [7, 11) is 0. The molecule has 2 rings (SSSR count).